The maximum atomic E-state index is 11.9. The fourth-order valence-electron chi connectivity index (χ4n) is 2.67. The van der Waals surface area contributed by atoms with Crippen LogP contribution in [0.5, 0.6) is 0 Å². The van der Waals surface area contributed by atoms with Gasteiger partial charge in [-0.05, 0) is 38.8 Å². The molecule has 2 bridgehead atoms. The Hall–Kier alpha value is -0.630. The van der Waals surface area contributed by atoms with Gasteiger partial charge in [0, 0.05) is 18.9 Å². The summed E-state index contributed by atoms with van der Waals surface area (Å²) in [5.41, 5.74) is 0. The van der Waals surface area contributed by atoms with E-state index in [4.69, 9.17) is 0 Å². The van der Waals surface area contributed by atoms with E-state index in [0.717, 1.165) is 19.4 Å². The molecule has 0 unspecified atom stereocenters. The maximum absolute atomic E-state index is 11.9. The number of fused-ring (bicyclic) bond motifs is 2. The van der Waals surface area contributed by atoms with Crippen LogP contribution in [0.4, 0.5) is 0 Å². The van der Waals surface area contributed by atoms with Crippen LogP contribution in [0.2, 0.25) is 0 Å². The van der Waals surface area contributed by atoms with Crippen LogP contribution in [-0.2, 0) is 4.79 Å². The zero-order valence-electron chi connectivity index (χ0n) is 9.07. The molecule has 2 aliphatic rings. The highest BCUT2D eigenvalue weighted by atomic mass is 16.1. The van der Waals surface area contributed by atoms with E-state index in [9.17, 15) is 4.79 Å². The minimum atomic E-state index is 0.352. The van der Waals surface area contributed by atoms with E-state index >= 15 is 0 Å². The number of carbonyl (C=O) groups excluding carboxylic acids is 1. The zero-order valence-corrected chi connectivity index (χ0v) is 9.07. The molecule has 0 spiro atoms. The van der Waals surface area contributed by atoms with Crippen molar-refractivity contribution >= 4 is 5.78 Å². The number of hydrogen-bond acceptors (Lipinski definition) is 2. The Bertz CT molecular complexity index is 257. The Balaban J connectivity index is 1.84. The van der Waals surface area contributed by atoms with Gasteiger partial charge in [0.05, 0.1) is 0 Å². The molecule has 0 N–H and O–H groups in total. The Labute approximate surface area is 86.0 Å². The van der Waals surface area contributed by atoms with Gasteiger partial charge in [-0.2, -0.15) is 0 Å². The summed E-state index contributed by atoms with van der Waals surface area (Å²) < 4.78 is 0. The van der Waals surface area contributed by atoms with Crippen LogP contribution in [0.3, 0.4) is 0 Å². The third-order valence-corrected chi connectivity index (χ3v) is 3.50. The van der Waals surface area contributed by atoms with Crippen LogP contribution >= 0.6 is 0 Å². The van der Waals surface area contributed by atoms with Crippen LogP contribution in [0.1, 0.15) is 19.3 Å². The van der Waals surface area contributed by atoms with Crippen molar-refractivity contribution in [2.24, 2.45) is 17.8 Å². The molecule has 0 radical (unpaired) electrons. The molecular formula is C12H19NO. The number of rotatable bonds is 4. The number of carbonyl (C=O) groups is 1. The van der Waals surface area contributed by atoms with E-state index in [-0.39, 0.29) is 0 Å². The normalized spacial score (nSPS) is 34.4. The van der Waals surface area contributed by atoms with Crippen LogP contribution in [0.25, 0.3) is 0 Å². The van der Waals surface area contributed by atoms with Crippen molar-refractivity contribution in [2.75, 3.05) is 20.6 Å². The van der Waals surface area contributed by atoms with Crippen molar-refractivity contribution in [3.63, 3.8) is 0 Å². The van der Waals surface area contributed by atoms with E-state index in [0.29, 0.717) is 23.5 Å². The zero-order chi connectivity index (χ0) is 10.1. The summed E-state index contributed by atoms with van der Waals surface area (Å²) in [6.07, 6.45) is 7.63. The third-order valence-electron chi connectivity index (χ3n) is 3.50. The predicted octanol–water partition coefficient (Wildman–Crippen LogP) is 1.72. The molecule has 0 saturated heterocycles. The summed E-state index contributed by atoms with van der Waals surface area (Å²) in [6, 6.07) is 0. The summed E-state index contributed by atoms with van der Waals surface area (Å²) in [7, 11) is 4.04. The second kappa shape index (κ2) is 3.85. The van der Waals surface area contributed by atoms with Crippen molar-refractivity contribution in [2.45, 2.75) is 19.3 Å². The van der Waals surface area contributed by atoms with Crippen LogP contribution < -0.4 is 0 Å². The molecule has 0 aliphatic heterocycles. The average Bonchev–Trinajstić information content (AvgIpc) is 2.74. The van der Waals surface area contributed by atoms with Crippen LogP contribution in [-0.4, -0.2) is 31.3 Å². The van der Waals surface area contributed by atoms with Gasteiger partial charge in [0.15, 0.2) is 0 Å². The minimum absolute atomic E-state index is 0.352. The van der Waals surface area contributed by atoms with Crippen molar-refractivity contribution in [3.05, 3.63) is 12.2 Å². The second-order valence-electron chi connectivity index (χ2n) is 4.91. The lowest BCUT2D eigenvalue weighted by Crippen LogP contribution is -2.23. The lowest BCUT2D eigenvalue weighted by Gasteiger charge is -2.17. The van der Waals surface area contributed by atoms with Gasteiger partial charge in [0.1, 0.15) is 5.78 Å². The standard InChI is InChI=1S/C12H19NO/c1-13(2)6-5-12(14)11-8-9-3-4-10(11)7-9/h3-4,9-11H,5-8H2,1-2H3/t9-,10+,11-/m1/s1. The molecule has 2 nitrogen and oxygen atoms in total. The van der Waals surface area contributed by atoms with Gasteiger partial charge >= 0.3 is 0 Å². The molecule has 0 aromatic heterocycles. The molecule has 2 rings (SSSR count). The first-order chi connectivity index (χ1) is 6.66. The number of nitrogens with zero attached hydrogens (tertiary/aromatic N) is 1. The minimum Gasteiger partial charge on any atom is -0.309 e. The van der Waals surface area contributed by atoms with Gasteiger partial charge in [0.25, 0.3) is 0 Å². The first-order valence-electron chi connectivity index (χ1n) is 5.52. The van der Waals surface area contributed by atoms with Crippen molar-refractivity contribution < 1.29 is 4.79 Å². The molecule has 0 amide bonds. The Morgan fingerprint density at radius 1 is 1.36 bits per heavy atom. The highest BCUT2D eigenvalue weighted by molar-refractivity contribution is 5.82. The molecule has 2 heteroatoms. The quantitative estimate of drug-likeness (QED) is 0.634. The van der Waals surface area contributed by atoms with Crippen molar-refractivity contribution in [1.82, 2.24) is 4.90 Å². The summed E-state index contributed by atoms with van der Waals surface area (Å²) in [4.78, 5) is 14.0. The number of Topliss-reactive ketones (excluding diaryl/α,β-unsaturated/α-hetero) is 1. The summed E-state index contributed by atoms with van der Waals surface area (Å²) in [5, 5.41) is 0. The average molecular weight is 193 g/mol. The van der Waals surface area contributed by atoms with Crippen LogP contribution in [0, 0.1) is 17.8 Å². The summed E-state index contributed by atoms with van der Waals surface area (Å²) in [5.74, 6) is 2.13. The molecule has 3 atom stereocenters. The highest BCUT2D eigenvalue weighted by Crippen LogP contribution is 2.44. The molecule has 0 aromatic carbocycles. The lowest BCUT2D eigenvalue weighted by atomic mass is 9.88. The smallest absolute Gasteiger partial charge is 0.137 e. The summed E-state index contributed by atoms with van der Waals surface area (Å²) >= 11 is 0. The topological polar surface area (TPSA) is 20.3 Å². The number of ketones is 1. The van der Waals surface area contributed by atoms with Crippen molar-refractivity contribution in [3.8, 4) is 0 Å². The molecule has 2 aliphatic carbocycles. The first kappa shape index (κ1) is 9.91. The number of hydrogen-bond donors (Lipinski definition) is 0. The van der Waals surface area contributed by atoms with Gasteiger partial charge < -0.3 is 4.90 Å². The second-order valence-corrected chi connectivity index (χ2v) is 4.91. The van der Waals surface area contributed by atoms with Crippen LogP contribution in [0.15, 0.2) is 12.2 Å². The van der Waals surface area contributed by atoms with Gasteiger partial charge in [0.2, 0.25) is 0 Å². The maximum Gasteiger partial charge on any atom is 0.137 e. The lowest BCUT2D eigenvalue weighted by molar-refractivity contribution is -0.123. The van der Waals surface area contributed by atoms with Gasteiger partial charge in [-0.15, -0.1) is 0 Å². The predicted molar refractivity (Wildman–Crippen MR) is 57.0 cm³/mol. The highest BCUT2D eigenvalue weighted by Gasteiger charge is 2.38. The molecule has 78 valence electrons. The summed E-state index contributed by atoms with van der Waals surface area (Å²) in [6.45, 7) is 0.899. The molecule has 14 heavy (non-hydrogen) atoms. The first-order valence-corrected chi connectivity index (χ1v) is 5.52. The van der Waals surface area contributed by atoms with E-state index in [1.54, 1.807) is 0 Å². The van der Waals surface area contributed by atoms with E-state index < -0.39 is 0 Å². The van der Waals surface area contributed by atoms with Crippen molar-refractivity contribution in [1.29, 1.82) is 0 Å². The van der Waals surface area contributed by atoms with E-state index in [2.05, 4.69) is 17.1 Å². The largest absolute Gasteiger partial charge is 0.309 e. The van der Waals surface area contributed by atoms with Gasteiger partial charge in [-0.25, -0.2) is 0 Å². The molecule has 0 heterocycles. The molecule has 1 saturated carbocycles. The third kappa shape index (κ3) is 1.90. The Kier molecular flexibility index (Phi) is 2.73. The van der Waals surface area contributed by atoms with Gasteiger partial charge in [-0.1, -0.05) is 12.2 Å². The monoisotopic (exact) mass is 193 g/mol. The van der Waals surface area contributed by atoms with E-state index in [1.165, 1.54) is 6.42 Å². The Morgan fingerprint density at radius 3 is 2.64 bits per heavy atom. The SMILES string of the molecule is CN(C)CCC(=O)[C@@H]1C[C@@H]2C=C[C@H]1C2. The van der Waals surface area contributed by atoms with Gasteiger partial charge in [-0.3, -0.25) is 4.79 Å². The Morgan fingerprint density at radius 2 is 2.14 bits per heavy atom. The fourth-order valence-corrected chi connectivity index (χ4v) is 2.67. The van der Waals surface area contributed by atoms with E-state index in [1.807, 2.05) is 14.1 Å². The molecule has 1 fully saturated rings. The molecule has 0 aromatic rings. The number of allylic oxidation sites excluding steroid dienone is 2. The fraction of sp³-hybridized carbons (Fsp3) is 0.750. The molecular weight excluding hydrogens is 174 g/mol.